The van der Waals surface area contributed by atoms with Crippen molar-refractivity contribution >= 4 is 38.6 Å². The van der Waals surface area contributed by atoms with Gasteiger partial charge in [-0.25, -0.2) is 18.4 Å². The summed E-state index contributed by atoms with van der Waals surface area (Å²) in [6, 6.07) is 12.3. The number of aromatic nitrogens is 2. The van der Waals surface area contributed by atoms with E-state index in [2.05, 4.69) is 15.2 Å². The van der Waals surface area contributed by atoms with Gasteiger partial charge < -0.3 is 10.2 Å². The average Bonchev–Trinajstić information content (AvgIpc) is 3.34. The Morgan fingerprint density at radius 1 is 1.03 bits per heavy atom. The van der Waals surface area contributed by atoms with Gasteiger partial charge in [0, 0.05) is 31.7 Å². The first-order chi connectivity index (χ1) is 15.8. The van der Waals surface area contributed by atoms with Gasteiger partial charge in [0.2, 0.25) is 10.0 Å². The highest BCUT2D eigenvalue weighted by atomic mass is 32.2. The van der Waals surface area contributed by atoms with Gasteiger partial charge in [0.25, 0.3) is 5.91 Å². The zero-order valence-electron chi connectivity index (χ0n) is 19.2. The number of nitrogens with zero attached hydrogens (tertiary/aromatic N) is 4. The van der Waals surface area contributed by atoms with Gasteiger partial charge in [-0.3, -0.25) is 4.79 Å². The standard InChI is InChI=1S/C24H29N5O3S/c1-4-29(5-2)33(31,32)21-16-18(13-12-17(21)3)24(30)27-22-23(28-14-8-9-15-28)26-20-11-7-6-10-19(20)25-22/h6-7,10-13,16H,4-5,8-9,14-15H2,1-3H3,(H,25,27,30). The largest absolute Gasteiger partial charge is 0.354 e. The number of para-hydroxylation sites is 2. The van der Waals surface area contributed by atoms with Crippen molar-refractivity contribution in [3.05, 3.63) is 53.6 Å². The molecule has 0 aliphatic carbocycles. The summed E-state index contributed by atoms with van der Waals surface area (Å²) in [6.07, 6.45) is 2.12. The first kappa shape index (κ1) is 23.1. The van der Waals surface area contributed by atoms with Crippen LogP contribution >= 0.6 is 0 Å². The number of sulfonamides is 1. The van der Waals surface area contributed by atoms with Crippen LogP contribution in [0.15, 0.2) is 47.4 Å². The number of rotatable bonds is 7. The first-order valence-electron chi connectivity index (χ1n) is 11.3. The lowest BCUT2D eigenvalue weighted by Gasteiger charge is -2.21. The molecule has 2 aromatic carbocycles. The number of fused-ring (bicyclic) bond motifs is 1. The summed E-state index contributed by atoms with van der Waals surface area (Å²) in [5, 5.41) is 2.89. The van der Waals surface area contributed by atoms with Crippen molar-refractivity contribution in [1.29, 1.82) is 0 Å². The molecule has 4 rings (SSSR count). The molecule has 1 saturated heterocycles. The van der Waals surface area contributed by atoms with Crippen molar-refractivity contribution in [2.75, 3.05) is 36.4 Å². The number of benzene rings is 2. The predicted molar refractivity (Wildman–Crippen MR) is 130 cm³/mol. The number of aryl methyl sites for hydroxylation is 1. The van der Waals surface area contributed by atoms with Gasteiger partial charge in [0.15, 0.2) is 11.6 Å². The number of hydrogen-bond donors (Lipinski definition) is 1. The van der Waals surface area contributed by atoms with Crippen LogP contribution in [0.5, 0.6) is 0 Å². The summed E-state index contributed by atoms with van der Waals surface area (Å²) in [4.78, 5) is 24.9. The van der Waals surface area contributed by atoms with Crippen LogP contribution in [0.4, 0.5) is 11.6 Å². The van der Waals surface area contributed by atoms with Gasteiger partial charge in [0.05, 0.1) is 15.9 Å². The summed E-state index contributed by atoms with van der Waals surface area (Å²) in [6.45, 7) is 7.76. The van der Waals surface area contributed by atoms with E-state index in [1.54, 1.807) is 32.9 Å². The van der Waals surface area contributed by atoms with E-state index in [1.165, 1.54) is 10.4 Å². The number of nitrogens with one attached hydrogen (secondary N) is 1. The Labute approximate surface area is 194 Å². The molecule has 0 saturated carbocycles. The van der Waals surface area contributed by atoms with E-state index in [1.807, 2.05) is 24.3 Å². The molecule has 0 radical (unpaired) electrons. The second-order valence-electron chi connectivity index (χ2n) is 8.10. The zero-order valence-corrected chi connectivity index (χ0v) is 20.0. The Morgan fingerprint density at radius 3 is 2.30 bits per heavy atom. The third-order valence-corrected chi connectivity index (χ3v) is 8.16. The fourth-order valence-corrected chi connectivity index (χ4v) is 5.83. The quantitative estimate of drug-likeness (QED) is 0.568. The maximum absolute atomic E-state index is 13.2. The fourth-order valence-electron chi connectivity index (χ4n) is 4.13. The third kappa shape index (κ3) is 4.56. The Morgan fingerprint density at radius 2 is 1.67 bits per heavy atom. The second-order valence-corrected chi connectivity index (χ2v) is 10.0. The first-order valence-corrected chi connectivity index (χ1v) is 12.7. The minimum Gasteiger partial charge on any atom is -0.354 e. The predicted octanol–water partition coefficient (Wildman–Crippen LogP) is 3.82. The summed E-state index contributed by atoms with van der Waals surface area (Å²) >= 11 is 0. The molecule has 0 unspecified atom stereocenters. The molecular formula is C24H29N5O3S. The van der Waals surface area contributed by atoms with Crippen molar-refractivity contribution in [2.24, 2.45) is 0 Å². The highest BCUT2D eigenvalue weighted by Crippen LogP contribution is 2.29. The lowest BCUT2D eigenvalue weighted by molar-refractivity contribution is 0.102. The van der Waals surface area contributed by atoms with E-state index in [9.17, 15) is 13.2 Å². The summed E-state index contributed by atoms with van der Waals surface area (Å²) in [5.41, 5.74) is 2.31. The van der Waals surface area contributed by atoms with Crippen LogP contribution in [0.1, 0.15) is 42.6 Å². The molecule has 8 nitrogen and oxygen atoms in total. The Bertz CT molecular complexity index is 1280. The molecule has 1 amide bonds. The van der Waals surface area contributed by atoms with Gasteiger partial charge in [-0.05, 0) is 49.6 Å². The maximum atomic E-state index is 13.2. The van der Waals surface area contributed by atoms with Crippen LogP contribution in [-0.4, -0.2) is 54.8 Å². The van der Waals surface area contributed by atoms with Gasteiger partial charge in [-0.2, -0.15) is 4.31 Å². The third-order valence-electron chi connectivity index (χ3n) is 5.96. The van der Waals surface area contributed by atoms with E-state index in [0.29, 0.717) is 35.8 Å². The molecule has 0 bridgehead atoms. The molecule has 1 N–H and O–H groups in total. The van der Waals surface area contributed by atoms with E-state index in [-0.39, 0.29) is 10.5 Å². The number of hydrogen-bond acceptors (Lipinski definition) is 6. The molecule has 9 heteroatoms. The van der Waals surface area contributed by atoms with Crippen LogP contribution in [0, 0.1) is 6.92 Å². The van der Waals surface area contributed by atoms with Crippen molar-refractivity contribution in [3.8, 4) is 0 Å². The second kappa shape index (κ2) is 9.44. The van der Waals surface area contributed by atoms with Crippen molar-refractivity contribution in [3.63, 3.8) is 0 Å². The Hall–Kier alpha value is -3.04. The molecule has 2 heterocycles. The highest BCUT2D eigenvalue weighted by molar-refractivity contribution is 7.89. The Balaban J connectivity index is 1.71. The van der Waals surface area contributed by atoms with Crippen molar-refractivity contribution in [1.82, 2.24) is 14.3 Å². The zero-order chi connectivity index (χ0) is 23.6. The smallest absolute Gasteiger partial charge is 0.256 e. The van der Waals surface area contributed by atoms with Gasteiger partial charge in [-0.1, -0.05) is 32.0 Å². The molecule has 1 aromatic heterocycles. The van der Waals surface area contributed by atoms with Crippen molar-refractivity contribution in [2.45, 2.75) is 38.5 Å². The van der Waals surface area contributed by atoms with Gasteiger partial charge >= 0.3 is 0 Å². The molecule has 3 aromatic rings. The molecule has 174 valence electrons. The fraction of sp³-hybridized carbons (Fsp3) is 0.375. The monoisotopic (exact) mass is 467 g/mol. The van der Waals surface area contributed by atoms with Crippen LogP contribution in [0.25, 0.3) is 11.0 Å². The summed E-state index contributed by atoms with van der Waals surface area (Å²) < 4.78 is 27.6. The van der Waals surface area contributed by atoms with Gasteiger partial charge in [0.1, 0.15) is 0 Å². The van der Waals surface area contributed by atoms with Crippen LogP contribution < -0.4 is 10.2 Å². The van der Waals surface area contributed by atoms with Crippen LogP contribution in [-0.2, 0) is 10.0 Å². The molecule has 1 aliphatic heterocycles. The van der Waals surface area contributed by atoms with E-state index < -0.39 is 15.9 Å². The van der Waals surface area contributed by atoms with E-state index in [4.69, 9.17) is 4.98 Å². The lowest BCUT2D eigenvalue weighted by Crippen LogP contribution is -2.31. The van der Waals surface area contributed by atoms with Gasteiger partial charge in [-0.15, -0.1) is 0 Å². The topological polar surface area (TPSA) is 95.5 Å². The number of amides is 1. The number of anilines is 2. The normalized spacial score (nSPS) is 14.2. The summed E-state index contributed by atoms with van der Waals surface area (Å²) in [7, 11) is -3.69. The van der Waals surface area contributed by atoms with Crippen LogP contribution in [0.2, 0.25) is 0 Å². The maximum Gasteiger partial charge on any atom is 0.256 e. The highest BCUT2D eigenvalue weighted by Gasteiger charge is 2.26. The number of carbonyl (C=O) groups excluding carboxylic acids is 1. The Kier molecular flexibility index (Phi) is 6.62. The minimum atomic E-state index is -3.69. The number of carbonyl (C=O) groups is 1. The molecule has 33 heavy (non-hydrogen) atoms. The van der Waals surface area contributed by atoms with E-state index >= 15 is 0 Å². The lowest BCUT2D eigenvalue weighted by atomic mass is 10.1. The minimum absolute atomic E-state index is 0.142. The molecule has 1 aliphatic rings. The van der Waals surface area contributed by atoms with Crippen molar-refractivity contribution < 1.29 is 13.2 Å². The summed E-state index contributed by atoms with van der Waals surface area (Å²) in [5.74, 6) is 0.605. The molecule has 1 fully saturated rings. The SMILES string of the molecule is CCN(CC)S(=O)(=O)c1cc(C(=O)Nc2nc3ccccc3nc2N2CCCC2)ccc1C. The average molecular weight is 468 g/mol. The molecule has 0 spiro atoms. The molecule has 0 atom stereocenters. The van der Waals surface area contributed by atoms with E-state index in [0.717, 1.165) is 31.4 Å². The molecular weight excluding hydrogens is 438 g/mol. The van der Waals surface area contributed by atoms with Crippen LogP contribution in [0.3, 0.4) is 0 Å².